The number of carbonyl (C=O) groups is 2. The van der Waals surface area contributed by atoms with Crippen molar-refractivity contribution in [3.63, 3.8) is 0 Å². The standard InChI is InChI=1S/C21H26N2O5S/c1-6-28-21(25)17-7-9-18(10-8-17)22-19(24)13-23(5)29(26,27)20-15(3)11-14(2)12-16(20)4/h7-12H,6,13H2,1-5H3,(H,22,24). The van der Waals surface area contributed by atoms with E-state index in [1.165, 1.54) is 19.2 Å². The average molecular weight is 419 g/mol. The molecule has 156 valence electrons. The molecule has 2 aromatic rings. The molecule has 8 heteroatoms. The van der Waals surface area contributed by atoms with Gasteiger partial charge in [-0.15, -0.1) is 0 Å². The summed E-state index contributed by atoms with van der Waals surface area (Å²) in [4.78, 5) is 24.2. The molecule has 2 aromatic carbocycles. The first-order valence-corrected chi connectivity index (χ1v) is 10.6. The predicted molar refractivity (Wildman–Crippen MR) is 111 cm³/mol. The van der Waals surface area contributed by atoms with Gasteiger partial charge in [0, 0.05) is 12.7 Å². The zero-order valence-corrected chi connectivity index (χ0v) is 18.1. The number of nitrogens with zero attached hydrogens (tertiary/aromatic N) is 1. The number of aryl methyl sites for hydroxylation is 3. The number of benzene rings is 2. The number of rotatable bonds is 7. The molecule has 29 heavy (non-hydrogen) atoms. The lowest BCUT2D eigenvalue weighted by atomic mass is 10.1. The van der Waals surface area contributed by atoms with Crippen molar-refractivity contribution in [2.24, 2.45) is 0 Å². The Morgan fingerprint density at radius 1 is 1.03 bits per heavy atom. The van der Waals surface area contributed by atoms with Gasteiger partial charge in [0.2, 0.25) is 15.9 Å². The van der Waals surface area contributed by atoms with Crippen LogP contribution in [0.5, 0.6) is 0 Å². The van der Waals surface area contributed by atoms with Crippen LogP contribution in [0, 0.1) is 20.8 Å². The molecule has 0 aliphatic carbocycles. The summed E-state index contributed by atoms with van der Waals surface area (Å²) < 4.78 is 31.8. The van der Waals surface area contributed by atoms with Gasteiger partial charge >= 0.3 is 5.97 Å². The van der Waals surface area contributed by atoms with E-state index in [2.05, 4.69) is 5.32 Å². The van der Waals surface area contributed by atoms with E-state index in [1.54, 1.807) is 45.0 Å². The van der Waals surface area contributed by atoms with E-state index in [-0.39, 0.29) is 18.0 Å². The van der Waals surface area contributed by atoms with Gasteiger partial charge in [0.1, 0.15) is 0 Å². The van der Waals surface area contributed by atoms with Crippen LogP contribution < -0.4 is 5.32 Å². The summed E-state index contributed by atoms with van der Waals surface area (Å²) in [5, 5.41) is 2.64. The number of nitrogens with one attached hydrogen (secondary N) is 1. The first-order chi connectivity index (χ1) is 13.6. The minimum absolute atomic E-state index is 0.220. The maximum Gasteiger partial charge on any atom is 0.338 e. The number of amides is 1. The number of anilines is 1. The Balaban J connectivity index is 2.10. The van der Waals surface area contributed by atoms with Gasteiger partial charge in [-0.05, 0) is 63.1 Å². The van der Waals surface area contributed by atoms with E-state index in [0.717, 1.165) is 9.87 Å². The molecule has 0 spiro atoms. The number of hydrogen-bond acceptors (Lipinski definition) is 5. The van der Waals surface area contributed by atoms with Gasteiger partial charge in [-0.1, -0.05) is 17.7 Å². The number of esters is 1. The molecule has 1 N–H and O–H groups in total. The molecule has 0 unspecified atom stereocenters. The normalized spacial score (nSPS) is 11.4. The number of ether oxygens (including phenoxy) is 1. The topological polar surface area (TPSA) is 92.8 Å². The molecule has 0 radical (unpaired) electrons. The molecule has 0 fully saturated rings. The maximum absolute atomic E-state index is 12.9. The molecule has 0 saturated heterocycles. The highest BCUT2D eigenvalue weighted by Gasteiger charge is 2.26. The maximum atomic E-state index is 12.9. The molecule has 2 rings (SSSR count). The molecular weight excluding hydrogens is 392 g/mol. The van der Waals surface area contributed by atoms with Gasteiger partial charge in [0.05, 0.1) is 23.6 Å². The molecule has 0 atom stereocenters. The number of likely N-dealkylation sites (N-methyl/N-ethyl adjacent to an activating group) is 1. The third kappa shape index (κ3) is 5.42. The van der Waals surface area contributed by atoms with Crippen LogP contribution in [-0.2, 0) is 19.6 Å². The summed E-state index contributed by atoms with van der Waals surface area (Å²) in [6.07, 6.45) is 0. The molecule has 0 aliphatic heterocycles. The first-order valence-electron chi connectivity index (χ1n) is 9.17. The molecular formula is C21H26N2O5S. The van der Waals surface area contributed by atoms with Crippen LogP contribution in [0.25, 0.3) is 0 Å². The second-order valence-electron chi connectivity index (χ2n) is 6.83. The summed E-state index contributed by atoms with van der Waals surface area (Å²) in [6.45, 7) is 7.04. The Hall–Kier alpha value is -2.71. The number of hydrogen-bond donors (Lipinski definition) is 1. The van der Waals surface area contributed by atoms with E-state index < -0.39 is 21.9 Å². The molecule has 0 aromatic heterocycles. The second-order valence-corrected chi connectivity index (χ2v) is 8.82. The van der Waals surface area contributed by atoms with Crippen LogP contribution in [0.4, 0.5) is 5.69 Å². The zero-order chi connectivity index (χ0) is 21.8. The first kappa shape index (κ1) is 22.6. The van der Waals surface area contributed by atoms with Crippen LogP contribution in [0.2, 0.25) is 0 Å². The Labute approximate surface area is 171 Å². The molecule has 1 amide bonds. The Morgan fingerprint density at radius 2 is 1.59 bits per heavy atom. The summed E-state index contributed by atoms with van der Waals surface area (Å²) in [7, 11) is -2.44. The van der Waals surface area contributed by atoms with Crippen molar-refractivity contribution in [2.45, 2.75) is 32.6 Å². The lowest BCUT2D eigenvalue weighted by Gasteiger charge is -2.20. The fourth-order valence-corrected chi connectivity index (χ4v) is 4.65. The van der Waals surface area contributed by atoms with Crippen molar-refractivity contribution in [3.8, 4) is 0 Å². The van der Waals surface area contributed by atoms with Crippen LogP contribution in [-0.4, -0.2) is 44.8 Å². The molecule has 0 bridgehead atoms. The van der Waals surface area contributed by atoms with E-state index in [4.69, 9.17) is 4.74 Å². The summed E-state index contributed by atoms with van der Waals surface area (Å²) in [5.41, 5.74) is 3.09. The monoisotopic (exact) mass is 418 g/mol. The fourth-order valence-electron chi connectivity index (χ4n) is 3.12. The van der Waals surface area contributed by atoms with Crippen LogP contribution in [0.1, 0.15) is 34.0 Å². The third-order valence-corrected chi connectivity index (χ3v) is 6.43. The SMILES string of the molecule is CCOC(=O)c1ccc(NC(=O)CN(C)S(=O)(=O)c2c(C)cc(C)cc2C)cc1. The second kappa shape index (κ2) is 9.19. The zero-order valence-electron chi connectivity index (χ0n) is 17.3. The van der Waals surface area contributed by atoms with E-state index in [9.17, 15) is 18.0 Å². The quantitative estimate of drug-likeness (QED) is 0.698. The van der Waals surface area contributed by atoms with Crippen molar-refractivity contribution in [2.75, 3.05) is 25.5 Å². The summed E-state index contributed by atoms with van der Waals surface area (Å²) in [5.74, 6) is -0.928. The van der Waals surface area contributed by atoms with Gasteiger partial charge in [-0.2, -0.15) is 4.31 Å². The van der Waals surface area contributed by atoms with Crippen molar-refractivity contribution in [1.29, 1.82) is 0 Å². The van der Waals surface area contributed by atoms with E-state index in [1.807, 2.05) is 6.92 Å². The average Bonchev–Trinajstić information content (AvgIpc) is 2.61. The number of carbonyl (C=O) groups excluding carboxylic acids is 2. The van der Waals surface area contributed by atoms with E-state index >= 15 is 0 Å². The van der Waals surface area contributed by atoms with E-state index in [0.29, 0.717) is 22.4 Å². The summed E-state index contributed by atoms with van der Waals surface area (Å²) in [6, 6.07) is 9.80. The highest BCUT2D eigenvalue weighted by molar-refractivity contribution is 7.89. The molecule has 0 heterocycles. The molecule has 0 aliphatic rings. The van der Waals surface area contributed by atoms with Crippen LogP contribution >= 0.6 is 0 Å². The Kier molecular flexibility index (Phi) is 7.16. The van der Waals surface area contributed by atoms with Crippen molar-refractivity contribution >= 4 is 27.6 Å². The Bertz CT molecular complexity index is 991. The van der Waals surface area contributed by atoms with Gasteiger partial charge in [-0.25, -0.2) is 13.2 Å². The number of sulfonamides is 1. The molecule has 0 saturated carbocycles. The summed E-state index contributed by atoms with van der Waals surface area (Å²) >= 11 is 0. The third-order valence-electron chi connectivity index (χ3n) is 4.32. The fraction of sp³-hybridized carbons (Fsp3) is 0.333. The minimum Gasteiger partial charge on any atom is -0.462 e. The minimum atomic E-state index is -3.82. The predicted octanol–water partition coefficient (Wildman–Crippen LogP) is 3.05. The van der Waals surface area contributed by atoms with Gasteiger partial charge in [-0.3, -0.25) is 4.79 Å². The van der Waals surface area contributed by atoms with Crippen LogP contribution in [0.15, 0.2) is 41.3 Å². The van der Waals surface area contributed by atoms with Crippen molar-refractivity contribution in [1.82, 2.24) is 4.31 Å². The lowest BCUT2D eigenvalue weighted by Crippen LogP contribution is -2.35. The van der Waals surface area contributed by atoms with Gasteiger partial charge < -0.3 is 10.1 Å². The lowest BCUT2D eigenvalue weighted by molar-refractivity contribution is -0.116. The highest BCUT2D eigenvalue weighted by atomic mass is 32.2. The highest BCUT2D eigenvalue weighted by Crippen LogP contribution is 2.24. The van der Waals surface area contributed by atoms with Crippen LogP contribution in [0.3, 0.4) is 0 Å². The largest absolute Gasteiger partial charge is 0.462 e. The Morgan fingerprint density at radius 3 is 2.10 bits per heavy atom. The van der Waals surface area contributed by atoms with Crippen molar-refractivity contribution in [3.05, 3.63) is 58.7 Å². The van der Waals surface area contributed by atoms with Gasteiger partial charge in [0.15, 0.2) is 0 Å². The van der Waals surface area contributed by atoms with Gasteiger partial charge in [0.25, 0.3) is 0 Å². The molecule has 7 nitrogen and oxygen atoms in total. The smallest absolute Gasteiger partial charge is 0.338 e. The van der Waals surface area contributed by atoms with Crippen molar-refractivity contribution < 1.29 is 22.7 Å².